The Hall–Kier alpha value is -4.00. The summed E-state index contributed by atoms with van der Waals surface area (Å²) in [6, 6.07) is 22.3. The molecule has 2 aliphatic rings. The SMILES string of the molecule is Cn1cc([C@@H]2[C@@H]([N+](=O)[O-])C3(CC3)C[C@]2(C(=O)OCc2ccccc2)c2ccccc2)c2ccc(F)cc21. The van der Waals surface area contributed by atoms with E-state index >= 15 is 0 Å². The third-order valence-corrected chi connectivity index (χ3v) is 8.41. The predicted octanol–water partition coefficient (Wildman–Crippen LogP) is 5.91. The molecule has 7 heteroatoms. The van der Waals surface area contributed by atoms with Crippen molar-refractivity contribution in [1.82, 2.24) is 4.57 Å². The second kappa shape index (κ2) is 8.54. The highest BCUT2D eigenvalue weighted by molar-refractivity contribution is 5.90. The van der Waals surface area contributed by atoms with E-state index in [1.807, 2.05) is 66.9 Å². The Morgan fingerprint density at radius 1 is 1.08 bits per heavy atom. The molecule has 2 saturated carbocycles. The highest BCUT2D eigenvalue weighted by Crippen LogP contribution is 2.70. The highest BCUT2D eigenvalue weighted by atomic mass is 19.1. The fourth-order valence-electron chi connectivity index (χ4n) is 6.63. The molecule has 6 nitrogen and oxygen atoms in total. The van der Waals surface area contributed by atoms with Crippen molar-refractivity contribution in [3.8, 4) is 0 Å². The van der Waals surface area contributed by atoms with Gasteiger partial charge in [0.15, 0.2) is 0 Å². The summed E-state index contributed by atoms with van der Waals surface area (Å²) in [7, 11) is 1.80. The minimum Gasteiger partial charge on any atom is -0.460 e. The third kappa shape index (κ3) is 3.64. The van der Waals surface area contributed by atoms with Crippen molar-refractivity contribution in [3.05, 3.63) is 118 Å². The van der Waals surface area contributed by atoms with E-state index in [-0.39, 0.29) is 17.3 Å². The summed E-state index contributed by atoms with van der Waals surface area (Å²) in [6.07, 6.45) is 3.55. The van der Waals surface area contributed by atoms with Crippen molar-refractivity contribution in [1.29, 1.82) is 0 Å². The monoisotopic (exact) mass is 498 g/mol. The largest absolute Gasteiger partial charge is 0.460 e. The first-order valence-electron chi connectivity index (χ1n) is 12.5. The number of nitro groups is 1. The van der Waals surface area contributed by atoms with Crippen molar-refractivity contribution in [3.63, 3.8) is 0 Å². The summed E-state index contributed by atoms with van der Waals surface area (Å²) in [6.45, 7) is 0.0812. The quantitative estimate of drug-likeness (QED) is 0.188. The van der Waals surface area contributed by atoms with Gasteiger partial charge in [0.25, 0.3) is 0 Å². The molecule has 1 heterocycles. The maximum atomic E-state index is 14.3. The molecule has 0 radical (unpaired) electrons. The standard InChI is InChI=1S/C30H27FN2O4/c1-32-17-24(23-13-12-22(31)16-25(23)32)26-27(33(35)36)29(14-15-29)19-30(26,21-10-6-3-7-11-21)28(34)37-18-20-8-4-2-5-9-20/h2-13,16-17,26-27H,14-15,18-19H2,1H3/t26-,27-,30+/m1/s1. The Kier molecular flexibility index (Phi) is 5.40. The van der Waals surface area contributed by atoms with Crippen molar-refractivity contribution in [2.45, 2.75) is 43.2 Å². The van der Waals surface area contributed by atoms with Crippen LogP contribution in [0.15, 0.2) is 85.1 Å². The lowest BCUT2D eigenvalue weighted by atomic mass is 9.68. The first-order chi connectivity index (χ1) is 17.9. The van der Waals surface area contributed by atoms with Crippen LogP contribution in [-0.2, 0) is 28.6 Å². The van der Waals surface area contributed by atoms with Crippen LogP contribution in [0.25, 0.3) is 10.9 Å². The molecule has 0 N–H and O–H groups in total. The van der Waals surface area contributed by atoms with E-state index in [4.69, 9.17) is 4.74 Å². The fraction of sp³-hybridized carbons (Fsp3) is 0.300. The number of nitrogens with zero attached hydrogens (tertiary/aromatic N) is 2. The smallest absolute Gasteiger partial charge is 0.317 e. The minimum absolute atomic E-state index is 0.0812. The zero-order chi connectivity index (χ0) is 25.8. The maximum Gasteiger partial charge on any atom is 0.317 e. The lowest BCUT2D eigenvalue weighted by Crippen LogP contribution is -2.43. The number of rotatable bonds is 6. The molecule has 0 bridgehead atoms. The number of aromatic nitrogens is 1. The number of carbonyl (C=O) groups is 1. The normalized spacial score (nSPS) is 23.8. The Labute approximate surface area is 213 Å². The van der Waals surface area contributed by atoms with E-state index in [2.05, 4.69) is 0 Å². The lowest BCUT2D eigenvalue weighted by molar-refractivity contribution is -0.535. The van der Waals surface area contributed by atoms with E-state index in [9.17, 15) is 19.3 Å². The summed E-state index contributed by atoms with van der Waals surface area (Å²) in [5, 5.41) is 13.5. The zero-order valence-corrected chi connectivity index (χ0v) is 20.5. The van der Waals surface area contributed by atoms with Gasteiger partial charge in [0.05, 0.1) is 11.4 Å². The molecule has 0 aliphatic heterocycles. The average molecular weight is 499 g/mol. The number of fused-ring (bicyclic) bond motifs is 1. The number of hydrogen-bond acceptors (Lipinski definition) is 4. The maximum absolute atomic E-state index is 14.3. The summed E-state index contributed by atoms with van der Waals surface area (Å²) < 4.78 is 21.9. The molecule has 0 saturated heterocycles. The molecule has 6 rings (SSSR count). The van der Waals surface area contributed by atoms with Gasteiger partial charge in [-0.15, -0.1) is 0 Å². The average Bonchev–Trinajstić information content (AvgIpc) is 3.50. The summed E-state index contributed by atoms with van der Waals surface area (Å²) >= 11 is 0. The molecule has 37 heavy (non-hydrogen) atoms. The van der Waals surface area contributed by atoms with Gasteiger partial charge < -0.3 is 9.30 Å². The molecule has 2 aliphatic carbocycles. The minimum atomic E-state index is -1.26. The Bertz CT molecular complexity index is 1500. The van der Waals surface area contributed by atoms with Crippen LogP contribution in [0.1, 0.15) is 41.9 Å². The van der Waals surface area contributed by atoms with Gasteiger partial charge in [0.2, 0.25) is 6.04 Å². The van der Waals surface area contributed by atoms with E-state index in [0.29, 0.717) is 35.9 Å². The van der Waals surface area contributed by atoms with Crippen molar-refractivity contribution < 1.29 is 18.8 Å². The van der Waals surface area contributed by atoms with Gasteiger partial charge in [-0.1, -0.05) is 60.7 Å². The van der Waals surface area contributed by atoms with Gasteiger partial charge in [0.1, 0.15) is 17.8 Å². The highest BCUT2D eigenvalue weighted by Gasteiger charge is 2.75. The van der Waals surface area contributed by atoms with Crippen LogP contribution < -0.4 is 0 Å². The summed E-state index contributed by atoms with van der Waals surface area (Å²) in [4.78, 5) is 26.8. The van der Waals surface area contributed by atoms with Gasteiger partial charge >= 0.3 is 5.97 Å². The fourth-order valence-corrected chi connectivity index (χ4v) is 6.63. The van der Waals surface area contributed by atoms with Crippen LogP contribution in [0.2, 0.25) is 0 Å². The molecule has 1 spiro atoms. The molecule has 0 amide bonds. The molecule has 0 unspecified atom stereocenters. The lowest BCUT2D eigenvalue weighted by Gasteiger charge is -2.33. The van der Waals surface area contributed by atoms with Gasteiger partial charge in [-0.3, -0.25) is 14.9 Å². The number of halogens is 1. The number of esters is 1. The molecule has 3 atom stereocenters. The van der Waals surface area contributed by atoms with Crippen molar-refractivity contribution >= 4 is 16.9 Å². The Morgan fingerprint density at radius 3 is 2.41 bits per heavy atom. The van der Waals surface area contributed by atoms with Crippen LogP contribution in [0.5, 0.6) is 0 Å². The summed E-state index contributed by atoms with van der Waals surface area (Å²) in [5.74, 6) is -1.61. The molecule has 188 valence electrons. The van der Waals surface area contributed by atoms with Gasteiger partial charge in [-0.05, 0) is 54.2 Å². The molecule has 2 fully saturated rings. The number of ether oxygens (including phenoxy) is 1. The second-order valence-electron chi connectivity index (χ2n) is 10.5. The van der Waals surface area contributed by atoms with Crippen molar-refractivity contribution in [2.24, 2.45) is 12.5 Å². The number of aryl methyl sites for hydroxylation is 1. The third-order valence-electron chi connectivity index (χ3n) is 8.41. The molecule has 1 aromatic heterocycles. The van der Waals surface area contributed by atoms with E-state index in [1.165, 1.54) is 12.1 Å². The van der Waals surface area contributed by atoms with Crippen LogP contribution in [0.4, 0.5) is 4.39 Å². The van der Waals surface area contributed by atoms with Crippen LogP contribution in [0.3, 0.4) is 0 Å². The second-order valence-corrected chi connectivity index (χ2v) is 10.5. The van der Waals surface area contributed by atoms with Gasteiger partial charge in [-0.25, -0.2) is 4.39 Å². The zero-order valence-electron chi connectivity index (χ0n) is 20.5. The summed E-state index contributed by atoms with van der Waals surface area (Å²) in [5.41, 5.74) is 1.04. The van der Waals surface area contributed by atoms with Gasteiger partial charge in [0, 0.05) is 29.0 Å². The molecular weight excluding hydrogens is 471 g/mol. The van der Waals surface area contributed by atoms with Gasteiger partial charge in [-0.2, -0.15) is 0 Å². The Balaban J connectivity index is 1.57. The molecule has 4 aromatic rings. The van der Waals surface area contributed by atoms with E-state index < -0.39 is 28.8 Å². The van der Waals surface area contributed by atoms with E-state index in [0.717, 1.165) is 10.9 Å². The van der Waals surface area contributed by atoms with Crippen LogP contribution >= 0.6 is 0 Å². The number of hydrogen-bond donors (Lipinski definition) is 0. The van der Waals surface area contributed by atoms with Crippen LogP contribution in [0, 0.1) is 21.3 Å². The van der Waals surface area contributed by atoms with Crippen molar-refractivity contribution in [2.75, 3.05) is 0 Å². The predicted molar refractivity (Wildman–Crippen MR) is 137 cm³/mol. The van der Waals surface area contributed by atoms with Crippen LogP contribution in [-0.4, -0.2) is 21.5 Å². The number of benzene rings is 3. The molecule has 3 aromatic carbocycles. The first-order valence-corrected chi connectivity index (χ1v) is 12.5. The number of carbonyl (C=O) groups excluding carboxylic acids is 1. The molecular formula is C30H27FN2O4. The first kappa shape index (κ1) is 23.4. The topological polar surface area (TPSA) is 74.4 Å². The Morgan fingerprint density at radius 2 is 1.76 bits per heavy atom. The van der Waals surface area contributed by atoms with E-state index in [1.54, 1.807) is 17.7 Å².